The van der Waals surface area contributed by atoms with Gasteiger partial charge in [0.2, 0.25) is 0 Å². The van der Waals surface area contributed by atoms with Crippen molar-refractivity contribution in [2.75, 3.05) is 0 Å². The van der Waals surface area contributed by atoms with Gasteiger partial charge in [0.1, 0.15) is 0 Å². The zero-order valence-corrected chi connectivity index (χ0v) is 10.5. The van der Waals surface area contributed by atoms with Gasteiger partial charge in [-0.05, 0) is 47.9 Å². The maximum Gasteiger partial charge on any atom is -0.00201 e. The van der Waals surface area contributed by atoms with Crippen LogP contribution in [-0.2, 0) is 12.8 Å². The van der Waals surface area contributed by atoms with E-state index in [9.17, 15) is 0 Å². The smallest absolute Gasteiger partial charge is 0.00201 e. The van der Waals surface area contributed by atoms with Crippen LogP contribution in [0.5, 0.6) is 0 Å². The highest BCUT2D eigenvalue weighted by Crippen LogP contribution is 2.31. The van der Waals surface area contributed by atoms with E-state index in [1.807, 2.05) is 0 Å². The molecule has 0 spiro atoms. The van der Waals surface area contributed by atoms with Crippen LogP contribution in [0.1, 0.15) is 40.7 Å². The van der Waals surface area contributed by atoms with E-state index in [0.717, 1.165) is 6.42 Å². The van der Waals surface area contributed by atoms with Crippen LogP contribution in [0, 0.1) is 6.92 Å². The third kappa shape index (κ3) is 1.88. The Balaban J connectivity index is 2.14. The number of aryl methyl sites for hydroxylation is 1. The van der Waals surface area contributed by atoms with E-state index in [2.05, 4.69) is 56.3 Å². The molecule has 86 valence electrons. The van der Waals surface area contributed by atoms with E-state index >= 15 is 0 Å². The molecule has 0 aliphatic heterocycles. The fraction of sp³-hybridized carbons (Fsp3) is 0.294. The lowest BCUT2D eigenvalue weighted by Gasteiger charge is -2.11. The summed E-state index contributed by atoms with van der Waals surface area (Å²) >= 11 is 0. The molecule has 0 radical (unpaired) electrons. The topological polar surface area (TPSA) is 0 Å². The molecule has 0 amide bonds. The van der Waals surface area contributed by atoms with E-state index in [1.165, 1.54) is 34.2 Å². The van der Waals surface area contributed by atoms with Crippen LogP contribution in [0.25, 0.3) is 0 Å². The molecule has 0 aromatic heterocycles. The first kappa shape index (κ1) is 10.6. The van der Waals surface area contributed by atoms with Crippen molar-refractivity contribution in [3.8, 4) is 0 Å². The lowest BCUT2D eigenvalue weighted by Crippen LogP contribution is -1.98. The Kier molecular flexibility index (Phi) is 2.51. The monoisotopic (exact) mass is 222 g/mol. The molecule has 1 aliphatic carbocycles. The summed E-state index contributed by atoms with van der Waals surface area (Å²) in [6.07, 6.45) is 2.27. The van der Waals surface area contributed by atoms with Crippen LogP contribution in [-0.4, -0.2) is 0 Å². The summed E-state index contributed by atoms with van der Waals surface area (Å²) in [6.45, 7) is 4.52. The summed E-state index contributed by atoms with van der Waals surface area (Å²) in [5.41, 5.74) is 7.45. The molecule has 3 rings (SSSR count). The molecule has 0 fully saturated rings. The molecule has 1 atom stereocenters. The average molecular weight is 222 g/mol. The second-order valence-corrected chi connectivity index (χ2v) is 5.25. The molecule has 1 aliphatic rings. The number of benzene rings is 2. The van der Waals surface area contributed by atoms with Crippen molar-refractivity contribution in [1.29, 1.82) is 0 Å². The molecule has 17 heavy (non-hydrogen) atoms. The van der Waals surface area contributed by atoms with E-state index in [-0.39, 0.29) is 0 Å². The van der Waals surface area contributed by atoms with Crippen LogP contribution >= 0.6 is 0 Å². The third-order valence-corrected chi connectivity index (χ3v) is 3.85. The summed E-state index contributed by atoms with van der Waals surface area (Å²) < 4.78 is 0. The lowest BCUT2D eigenvalue weighted by molar-refractivity contribution is 0.761. The quantitative estimate of drug-likeness (QED) is 0.625. The molecular weight excluding hydrogens is 204 g/mol. The first-order chi connectivity index (χ1) is 8.24. The van der Waals surface area contributed by atoms with Crippen molar-refractivity contribution in [2.45, 2.75) is 32.6 Å². The Morgan fingerprint density at radius 1 is 0.941 bits per heavy atom. The maximum atomic E-state index is 2.35. The van der Waals surface area contributed by atoms with Crippen LogP contribution in [0.3, 0.4) is 0 Å². The Morgan fingerprint density at radius 2 is 1.76 bits per heavy atom. The normalized spacial score (nSPS) is 18.1. The Hall–Kier alpha value is -1.56. The zero-order valence-electron chi connectivity index (χ0n) is 10.5. The predicted octanol–water partition coefficient (Wildman–Crippen LogP) is 4.25. The van der Waals surface area contributed by atoms with Crippen LogP contribution < -0.4 is 0 Å². The van der Waals surface area contributed by atoms with Crippen molar-refractivity contribution in [3.63, 3.8) is 0 Å². The first-order valence-electron chi connectivity index (χ1n) is 6.40. The summed E-state index contributed by atoms with van der Waals surface area (Å²) in [6, 6.07) is 15.8. The van der Waals surface area contributed by atoms with Crippen molar-refractivity contribution in [3.05, 3.63) is 70.3 Å². The van der Waals surface area contributed by atoms with E-state index in [0.29, 0.717) is 5.92 Å². The standard InChI is InChI=1S/C17H18/c1-12-7-8-14-10-13(2)17-6-4-3-5-15(17)11-16(14)9-12/h3-9,13H,10-11H2,1-2H3. The number of hydrogen-bond donors (Lipinski definition) is 0. The van der Waals surface area contributed by atoms with Gasteiger partial charge in [-0.2, -0.15) is 0 Å². The van der Waals surface area contributed by atoms with Gasteiger partial charge in [-0.15, -0.1) is 0 Å². The largest absolute Gasteiger partial charge is 0.0620 e. The molecular formula is C17H18. The molecule has 0 nitrogen and oxygen atoms in total. The zero-order chi connectivity index (χ0) is 11.8. The van der Waals surface area contributed by atoms with Crippen molar-refractivity contribution < 1.29 is 0 Å². The van der Waals surface area contributed by atoms with Gasteiger partial charge in [0.25, 0.3) is 0 Å². The number of hydrogen-bond acceptors (Lipinski definition) is 0. The first-order valence-corrected chi connectivity index (χ1v) is 6.40. The molecule has 0 bridgehead atoms. The second kappa shape index (κ2) is 4.03. The summed E-state index contributed by atoms with van der Waals surface area (Å²) in [5.74, 6) is 0.634. The molecule has 0 heteroatoms. The van der Waals surface area contributed by atoms with E-state index < -0.39 is 0 Å². The summed E-state index contributed by atoms with van der Waals surface area (Å²) in [4.78, 5) is 0. The summed E-state index contributed by atoms with van der Waals surface area (Å²) in [5, 5.41) is 0. The van der Waals surface area contributed by atoms with Crippen molar-refractivity contribution >= 4 is 0 Å². The van der Waals surface area contributed by atoms with Gasteiger partial charge < -0.3 is 0 Å². The van der Waals surface area contributed by atoms with Crippen LogP contribution in [0.4, 0.5) is 0 Å². The van der Waals surface area contributed by atoms with Gasteiger partial charge >= 0.3 is 0 Å². The van der Waals surface area contributed by atoms with Crippen molar-refractivity contribution in [1.82, 2.24) is 0 Å². The molecule has 0 heterocycles. The number of fused-ring (bicyclic) bond motifs is 2. The van der Waals surface area contributed by atoms with Gasteiger partial charge in [-0.1, -0.05) is 55.0 Å². The van der Waals surface area contributed by atoms with Crippen LogP contribution in [0.2, 0.25) is 0 Å². The highest BCUT2D eigenvalue weighted by atomic mass is 14.2. The fourth-order valence-electron chi connectivity index (χ4n) is 2.94. The second-order valence-electron chi connectivity index (χ2n) is 5.25. The number of rotatable bonds is 0. The lowest BCUT2D eigenvalue weighted by atomic mass is 9.93. The minimum absolute atomic E-state index is 0.634. The molecule has 0 N–H and O–H groups in total. The maximum absolute atomic E-state index is 2.35. The van der Waals surface area contributed by atoms with E-state index in [1.54, 1.807) is 0 Å². The van der Waals surface area contributed by atoms with Crippen LogP contribution in [0.15, 0.2) is 42.5 Å². The van der Waals surface area contributed by atoms with Gasteiger partial charge in [-0.25, -0.2) is 0 Å². The highest BCUT2D eigenvalue weighted by Gasteiger charge is 2.18. The van der Waals surface area contributed by atoms with Gasteiger partial charge in [0, 0.05) is 0 Å². The van der Waals surface area contributed by atoms with Crippen molar-refractivity contribution in [2.24, 2.45) is 0 Å². The van der Waals surface area contributed by atoms with Gasteiger partial charge in [0.05, 0.1) is 0 Å². The minimum Gasteiger partial charge on any atom is -0.0620 e. The Morgan fingerprint density at radius 3 is 2.65 bits per heavy atom. The minimum atomic E-state index is 0.634. The van der Waals surface area contributed by atoms with E-state index in [4.69, 9.17) is 0 Å². The van der Waals surface area contributed by atoms with Gasteiger partial charge in [-0.3, -0.25) is 0 Å². The Labute approximate surface area is 103 Å². The molecule has 2 aromatic rings. The average Bonchev–Trinajstić information content (AvgIpc) is 2.46. The highest BCUT2D eigenvalue weighted by molar-refractivity contribution is 5.43. The molecule has 0 saturated carbocycles. The van der Waals surface area contributed by atoms with Gasteiger partial charge in [0.15, 0.2) is 0 Å². The Bertz CT molecular complexity index is 552. The molecule has 2 aromatic carbocycles. The third-order valence-electron chi connectivity index (χ3n) is 3.85. The fourth-order valence-corrected chi connectivity index (χ4v) is 2.94. The molecule has 1 unspecified atom stereocenters. The SMILES string of the molecule is Cc1ccc2c(c1)Cc1ccccc1C(C)C2. The molecule has 0 saturated heterocycles. The predicted molar refractivity (Wildman–Crippen MR) is 72.5 cm³/mol. The summed E-state index contributed by atoms with van der Waals surface area (Å²) in [7, 11) is 0.